The number of ether oxygens (including phenoxy) is 2. The van der Waals surface area contributed by atoms with Gasteiger partial charge in [0.05, 0.1) is 4.88 Å². The second-order valence-electron chi connectivity index (χ2n) is 4.38. The van der Waals surface area contributed by atoms with E-state index in [1.54, 1.807) is 41.8 Å². The average molecular weight is 413 g/mol. The van der Waals surface area contributed by atoms with Gasteiger partial charge in [-0.25, -0.2) is 4.79 Å². The molecule has 1 aromatic heterocycles. The molecular weight excluding hydrogens is 400 g/mol. The van der Waals surface area contributed by atoms with Crippen molar-refractivity contribution in [3.63, 3.8) is 0 Å². The van der Waals surface area contributed by atoms with Crippen molar-refractivity contribution in [3.05, 3.63) is 51.1 Å². The molecule has 0 saturated heterocycles. The highest BCUT2D eigenvalue weighted by Gasteiger charge is 2.11. The molecule has 0 aliphatic rings. The summed E-state index contributed by atoms with van der Waals surface area (Å²) in [4.78, 5) is 35.0. The minimum atomic E-state index is -0.697. The van der Waals surface area contributed by atoms with Crippen LogP contribution in [0.1, 0.15) is 9.67 Å². The summed E-state index contributed by atoms with van der Waals surface area (Å²) >= 11 is 4.52. The molecular formula is C15H13BrN2O5S. The number of hydrazine groups is 1. The topological polar surface area (TPSA) is 93.7 Å². The van der Waals surface area contributed by atoms with Gasteiger partial charge in [0.1, 0.15) is 5.75 Å². The van der Waals surface area contributed by atoms with Crippen LogP contribution in [-0.4, -0.2) is 31.0 Å². The number of esters is 1. The molecule has 24 heavy (non-hydrogen) atoms. The summed E-state index contributed by atoms with van der Waals surface area (Å²) in [6.45, 7) is -0.844. The van der Waals surface area contributed by atoms with E-state index in [1.165, 1.54) is 11.3 Å². The number of nitrogens with one attached hydrogen (secondary N) is 2. The van der Waals surface area contributed by atoms with Crippen molar-refractivity contribution >= 4 is 45.1 Å². The number of hydrogen-bond acceptors (Lipinski definition) is 6. The zero-order chi connectivity index (χ0) is 17.4. The molecule has 0 aliphatic carbocycles. The van der Waals surface area contributed by atoms with Crippen molar-refractivity contribution in [2.75, 3.05) is 13.2 Å². The van der Waals surface area contributed by atoms with Gasteiger partial charge in [0.15, 0.2) is 13.2 Å². The molecule has 1 heterocycles. The quantitative estimate of drug-likeness (QED) is 0.558. The van der Waals surface area contributed by atoms with Gasteiger partial charge >= 0.3 is 5.97 Å². The Labute approximate surface area is 150 Å². The molecule has 1 aromatic carbocycles. The molecule has 0 unspecified atom stereocenters. The number of amides is 2. The van der Waals surface area contributed by atoms with Gasteiger partial charge in [-0.3, -0.25) is 20.4 Å². The fraction of sp³-hybridized carbons (Fsp3) is 0.133. The van der Waals surface area contributed by atoms with Crippen molar-refractivity contribution in [2.24, 2.45) is 0 Å². The summed E-state index contributed by atoms with van der Waals surface area (Å²) in [5.74, 6) is -1.29. The zero-order valence-corrected chi connectivity index (χ0v) is 14.7. The lowest BCUT2D eigenvalue weighted by Gasteiger charge is -2.08. The Hall–Kier alpha value is -2.39. The lowest BCUT2D eigenvalue weighted by Crippen LogP contribution is -2.43. The van der Waals surface area contributed by atoms with Crippen LogP contribution in [0, 0.1) is 0 Å². The van der Waals surface area contributed by atoms with Gasteiger partial charge in [0.2, 0.25) is 0 Å². The molecule has 0 spiro atoms. The average Bonchev–Trinajstić information content (AvgIpc) is 3.12. The van der Waals surface area contributed by atoms with Crippen LogP contribution in [0.2, 0.25) is 0 Å². The molecule has 0 bridgehead atoms. The van der Waals surface area contributed by atoms with E-state index in [2.05, 4.69) is 26.8 Å². The molecule has 2 aromatic rings. The second-order valence-corrected chi connectivity index (χ2v) is 6.25. The van der Waals surface area contributed by atoms with Crippen molar-refractivity contribution < 1.29 is 23.9 Å². The maximum atomic E-state index is 11.6. The van der Waals surface area contributed by atoms with Crippen LogP contribution in [-0.2, 0) is 14.3 Å². The van der Waals surface area contributed by atoms with E-state index in [-0.39, 0.29) is 6.61 Å². The normalized spacial score (nSPS) is 9.88. The summed E-state index contributed by atoms with van der Waals surface area (Å²) in [5, 5.41) is 1.74. The molecule has 0 fully saturated rings. The van der Waals surface area contributed by atoms with E-state index in [9.17, 15) is 14.4 Å². The van der Waals surface area contributed by atoms with E-state index in [0.717, 1.165) is 4.47 Å². The lowest BCUT2D eigenvalue weighted by atomic mass is 10.3. The third-order valence-electron chi connectivity index (χ3n) is 2.59. The Morgan fingerprint density at radius 2 is 1.79 bits per heavy atom. The molecule has 0 radical (unpaired) electrons. The Morgan fingerprint density at radius 1 is 1.04 bits per heavy atom. The lowest BCUT2D eigenvalue weighted by molar-refractivity contribution is -0.150. The van der Waals surface area contributed by atoms with Crippen molar-refractivity contribution in [1.29, 1.82) is 0 Å². The van der Waals surface area contributed by atoms with E-state index in [4.69, 9.17) is 9.47 Å². The highest BCUT2D eigenvalue weighted by molar-refractivity contribution is 9.10. The Morgan fingerprint density at radius 3 is 2.46 bits per heavy atom. The van der Waals surface area contributed by atoms with Gasteiger partial charge in [-0.05, 0) is 35.7 Å². The summed E-state index contributed by atoms with van der Waals surface area (Å²) in [6, 6.07) is 10.2. The summed E-state index contributed by atoms with van der Waals surface area (Å²) in [6.07, 6.45) is 0. The first-order valence-corrected chi connectivity index (χ1v) is 8.38. The highest BCUT2D eigenvalue weighted by atomic mass is 79.9. The molecule has 2 rings (SSSR count). The van der Waals surface area contributed by atoms with Crippen molar-refractivity contribution in [3.8, 4) is 5.75 Å². The van der Waals surface area contributed by atoms with Crippen LogP contribution in [0.4, 0.5) is 0 Å². The largest absolute Gasteiger partial charge is 0.482 e. The third-order valence-corrected chi connectivity index (χ3v) is 3.99. The van der Waals surface area contributed by atoms with E-state index in [0.29, 0.717) is 10.6 Å². The molecule has 0 atom stereocenters. The Bertz CT molecular complexity index is 703. The monoisotopic (exact) mass is 412 g/mol. The van der Waals surface area contributed by atoms with Gasteiger partial charge < -0.3 is 9.47 Å². The number of hydrogen-bond donors (Lipinski definition) is 2. The summed E-state index contributed by atoms with van der Waals surface area (Å²) in [5.41, 5.74) is 4.37. The number of benzene rings is 1. The van der Waals surface area contributed by atoms with E-state index in [1.807, 2.05) is 0 Å². The number of halogens is 1. The maximum Gasteiger partial charge on any atom is 0.344 e. The van der Waals surface area contributed by atoms with Crippen LogP contribution in [0.3, 0.4) is 0 Å². The first kappa shape index (κ1) is 18.0. The van der Waals surface area contributed by atoms with Crippen LogP contribution < -0.4 is 15.6 Å². The van der Waals surface area contributed by atoms with Gasteiger partial charge in [-0.15, -0.1) is 11.3 Å². The molecule has 0 saturated carbocycles. The Kier molecular flexibility index (Phi) is 6.76. The SMILES string of the molecule is O=C(COC(=O)COc1ccc(Br)cc1)NNC(=O)c1cccs1. The molecule has 7 nitrogen and oxygen atoms in total. The second kappa shape index (κ2) is 9.04. The van der Waals surface area contributed by atoms with Crippen LogP contribution in [0.5, 0.6) is 5.75 Å². The first-order valence-electron chi connectivity index (χ1n) is 6.71. The minimum absolute atomic E-state index is 0.323. The van der Waals surface area contributed by atoms with Gasteiger partial charge in [0.25, 0.3) is 11.8 Å². The third kappa shape index (κ3) is 6.01. The Balaban J connectivity index is 1.63. The predicted molar refractivity (Wildman–Crippen MR) is 90.5 cm³/mol. The first-order chi connectivity index (χ1) is 11.5. The fourth-order valence-electron chi connectivity index (χ4n) is 1.49. The zero-order valence-electron chi connectivity index (χ0n) is 12.3. The smallest absolute Gasteiger partial charge is 0.344 e. The van der Waals surface area contributed by atoms with Crippen molar-refractivity contribution in [1.82, 2.24) is 10.9 Å². The highest BCUT2D eigenvalue weighted by Crippen LogP contribution is 2.15. The molecule has 9 heteroatoms. The number of carbonyl (C=O) groups excluding carboxylic acids is 3. The van der Waals surface area contributed by atoms with Crippen LogP contribution in [0.15, 0.2) is 46.3 Å². The standard InChI is InChI=1S/C15H13BrN2O5S/c16-10-3-5-11(6-4-10)22-9-14(20)23-8-13(19)17-18-15(21)12-2-1-7-24-12/h1-7H,8-9H2,(H,17,19)(H,18,21). The minimum Gasteiger partial charge on any atom is -0.482 e. The maximum absolute atomic E-state index is 11.6. The molecule has 2 amide bonds. The van der Waals surface area contributed by atoms with Crippen molar-refractivity contribution in [2.45, 2.75) is 0 Å². The summed E-state index contributed by atoms with van der Waals surface area (Å²) < 4.78 is 10.8. The number of rotatable bonds is 6. The molecule has 2 N–H and O–H groups in total. The molecule has 126 valence electrons. The van der Waals surface area contributed by atoms with E-state index < -0.39 is 24.4 Å². The van der Waals surface area contributed by atoms with Gasteiger partial charge in [0, 0.05) is 4.47 Å². The number of carbonyl (C=O) groups is 3. The van der Waals surface area contributed by atoms with Gasteiger partial charge in [-0.1, -0.05) is 22.0 Å². The summed E-state index contributed by atoms with van der Waals surface area (Å²) in [7, 11) is 0. The number of thiophene rings is 1. The van der Waals surface area contributed by atoms with Gasteiger partial charge in [-0.2, -0.15) is 0 Å². The van der Waals surface area contributed by atoms with Crippen LogP contribution in [0.25, 0.3) is 0 Å². The van der Waals surface area contributed by atoms with Crippen LogP contribution >= 0.6 is 27.3 Å². The fourth-order valence-corrected chi connectivity index (χ4v) is 2.38. The molecule has 0 aliphatic heterocycles. The predicted octanol–water partition coefficient (Wildman–Crippen LogP) is 1.89. The van der Waals surface area contributed by atoms with E-state index >= 15 is 0 Å².